The molecule has 2 rings (SSSR count). The van der Waals surface area contributed by atoms with Crippen LogP contribution in [-0.2, 0) is 13.1 Å². The summed E-state index contributed by atoms with van der Waals surface area (Å²) in [6, 6.07) is 10.8. The molecule has 0 bridgehead atoms. The number of methoxy groups -OCH3 is 1. The summed E-state index contributed by atoms with van der Waals surface area (Å²) in [5.74, 6) is 0.638. The van der Waals surface area contributed by atoms with Crippen LogP contribution in [0.15, 0.2) is 40.9 Å². The average molecular weight is 338 g/mol. The van der Waals surface area contributed by atoms with E-state index < -0.39 is 0 Å². The fourth-order valence-corrected chi connectivity index (χ4v) is 2.44. The van der Waals surface area contributed by atoms with Gasteiger partial charge in [-0.3, -0.25) is 0 Å². The molecule has 0 radical (unpaired) electrons. The van der Waals surface area contributed by atoms with E-state index in [2.05, 4.69) is 27.3 Å². The summed E-state index contributed by atoms with van der Waals surface area (Å²) < 4.78 is 19.4. The minimum absolute atomic E-state index is 0.224. The van der Waals surface area contributed by atoms with E-state index in [0.29, 0.717) is 13.1 Å². The van der Waals surface area contributed by atoms with Gasteiger partial charge in [0.15, 0.2) is 0 Å². The maximum atomic E-state index is 13.2. The first-order valence-corrected chi connectivity index (χ1v) is 7.17. The highest BCUT2D eigenvalue weighted by Crippen LogP contribution is 2.21. The van der Waals surface area contributed by atoms with E-state index in [0.717, 1.165) is 21.3 Å². The predicted molar refractivity (Wildman–Crippen MR) is 82.4 cm³/mol. The van der Waals surface area contributed by atoms with Gasteiger partial charge in [-0.2, -0.15) is 0 Å². The van der Waals surface area contributed by atoms with Gasteiger partial charge in [0.05, 0.1) is 7.11 Å². The number of hydrogen-bond acceptors (Lipinski definition) is 2. The Morgan fingerprint density at radius 1 is 1.10 bits per heavy atom. The van der Waals surface area contributed by atoms with E-state index in [4.69, 9.17) is 4.74 Å². The van der Waals surface area contributed by atoms with Crippen LogP contribution >= 0.6 is 15.9 Å². The van der Waals surface area contributed by atoms with Gasteiger partial charge in [-0.1, -0.05) is 33.6 Å². The Bertz CT molecular complexity index is 601. The molecule has 0 aliphatic carbocycles. The number of benzene rings is 2. The first kappa shape index (κ1) is 15.0. The third-order valence-electron chi connectivity index (χ3n) is 3.07. The van der Waals surface area contributed by atoms with Gasteiger partial charge >= 0.3 is 0 Å². The topological polar surface area (TPSA) is 21.3 Å². The lowest BCUT2D eigenvalue weighted by Gasteiger charge is -2.11. The lowest BCUT2D eigenvalue weighted by molar-refractivity contribution is 0.407. The van der Waals surface area contributed by atoms with Crippen LogP contribution in [-0.4, -0.2) is 7.11 Å². The van der Waals surface area contributed by atoms with Crippen molar-refractivity contribution in [2.45, 2.75) is 20.0 Å². The molecule has 0 amide bonds. The van der Waals surface area contributed by atoms with Crippen molar-refractivity contribution < 1.29 is 9.13 Å². The summed E-state index contributed by atoms with van der Waals surface area (Å²) in [5, 5.41) is 3.31. The number of aryl methyl sites for hydroxylation is 1. The molecule has 106 valence electrons. The SMILES string of the molecule is COc1ccc(C)cc1CNCc1cc(F)ccc1Br. The molecule has 0 heterocycles. The normalized spacial score (nSPS) is 10.6. The van der Waals surface area contributed by atoms with Crippen molar-refractivity contribution in [3.63, 3.8) is 0 Å². The minimum Gasteiger partial charge on any atom is -0.496 e. The van der Waals surface area contributed by atoms with Crippen molar-refractivity contribution in [1.29, 1.82) is 0 Å². The number of halogens is 2. The van der Waals surface area contributed by atoms with Crippen molar-refractivity contribution in [2.75, 3.05) is 7.11 Å². The Morgan fingerprint density at radius 2 is 1.85 bits per heavy atom. The van der Waals surface area contributed by atoms with Gasteiger partial charge in [0.2, 0.25) is 0 Å². The van der Waals surface area contributed by atoms with Gasteiger partial charge in [-0.25, -0.2) is 4.39 Å². The Labute approximate surface area is 127 Å². The van der Waals surface area contributed by atoms with Gasteiger partial charge in [-0.15, -0.1) is 0 Å². The highest BCUT2D eigenvalue weighted by atomic mass is 79.9. The molecule has 0 unspecified atom stereocenters. The summed E-state index contributed by atoms with van der Waals surface area (Å²) in [6.07, 6.45) is 0. The van der Waals surface area contributed by atoms with E-state index in [9.17, 15) is 4.39 Å². The Kier molecular flexibility index (Phi) is 5.15. The predicted octanol–water partition coefficient (Wildman–Crippen LogP) is 4.20. The molecule has 2 nitrogen and oxygen atoms in total. The van der Waals surface area contributed by atoms with Crippen LogP contribution < -0.4 is 10.1 Å². The number of hydrogen-bond donors (Lipinski definition) is 1. The summed E-state index contributed by atoms with van der Waals surface area (Å²) in [5.41, 5.74) is 3.19. The summed E-state index contributed by atoms with van der Waals surface area (Å²) >= 11 is 3.43. The molecule has 4 heteroatoms. The zero-order valence-corrected chi connectivity index (χ0v) is 13.1. The van der Waals surface area contributed by atoms with Crippen LogP contribution in [0.25, 0.3) is 0 Å². The molecule has 0 saturated carbocycles. The standard InChI is InChI=1S/C16H17BrFNO/c1-11-3-6-16(20-2)13(7-11)10-19-9-12-8-14(18)4-5-15(12)17/h3-8,19H,9-10H2,1-2H3. The van der Waals surface area contributed by atoms with Gasteiger partial charge in [0, 0.05) is 23.1 Å². The van der Waals surface area contributed by atoms with Crippen molar-refractivity contribution in [2.24, 2.45) is 0 Å². The zero-order valence-electron chi connectivity index (χ0n) is 11.5. The van der Waals surface area contributed by atoms with E-state index in [-0.39, 0.29) is 5.82 Å². The Morgan fingerprint density at radius 3 is 2.60 bits per heavy atom. The number of nitrogens with one attached hydrogen (secondary N) is 1. The second kappa shape index (κ2) is 6.86. The molecule has 1 N–H and O–H groups in total. The third-order valence-corrected chi connectivity index (χ3v) is 3.85. The minimum atomic E-state index is -0.224. The Hall–Kier alpha value is -1.39. The molecule has 20 heavy (non-hydrogen) atoms. The van der Waals surface area contributed by atoms with Crippen LogP contribution in [0.3, 0.4) is 0 Å². The van der Waals surface area contributed by atoms with Crippen LogP contribution in [0.2, 0.25) is 0 Å². The molecular weight excluding hydrogens is 321 g/mol. The second-order valence-electron chi connectivity index (χ2n) is 4.65. The summed E-state index contributed by atoms with van der Waals surface area (Å²) in [7, 11) is 1.66. The smallest absolute Gasteiger partial charge is 0.123 e. The van der Waals surface area contributed by atoms with Crippen molar-refractivity contribution in [3.8, 4) is 5.75 Å². The van der Waals surface area contributed by atoms with Crippen LogP contribution in [0, 0.1) is 12.7 Å². The lowest BCUT2D eigenvalue weighted by Crippen LogP contribution is -2.14. The van der Waals surface area contributed by atoms with Gasteiger partial charge in [0.25, 0.3) is 0 Å². The third kappa shape index (κ3) is 3.81. The first-order valence-electron chi connectivity index (χ1n) is 6.38. The second-order valence-corrected chi connectivity index (χ2v) is 5.51. The van der Waals surface area contributed by atoms with Gasteiger partial charge in [0.1, 0.15) is 11.6 Å². The molecule has 2 aromatic rings. The van der Waals surface area contributed by atoms with Crippen molar-refractivity contribution in [3.05, 3.63) is 63.4 Å². The van der Waals surface area contributed by atoms with E-state index >= 15 is 0 Å². The zero-order chi connectivity index (χ0) is 14.5. The average Bonchev–Trinajstić information content (AvgIpc) is 2.43. The molecule has 0 saturated heterocycles. The van der Waals surface area contributed by atoms with Crippen molar-refractivity contribution >= 4 is 15.9 Å². The summed E-state index contributed by atoms with van der Waals surface area (Å²) in [6.45, 7) is 3.31. The lowest BCUT2D eigenvalue weighted by atomic mass is 10.1. The number of ether oxygens (including phenoxy) is 1. The molecule has 0 spiro atoms. The molecule has 0 fully saturated rings. The number of rotatable bonds is 5. The highest BCUT2D eigenvalue weighted by Gasteiger charge is 2.05. The molecule has 0 aliphatic rings. The van der Waals surface area contributed by atoms with Crippen LogP contribution in [0.4, 0.5) is 4.39 Å². The Balaban J connectivity index is 2.02. The van der Waals surface area contributed by atoms with E-state index in [1.807, 2.05) is 19.1 Å². The molecular formula is C16H17BrFNO. The van der Waals surface area contributed by atoms with Crippen LogP contribution in [0.5, 0.6) is 5.75 Å². The maximum absolute atomic E-state index is 13.2. The molecule has 2 aromatic carbocycles. The van der Waals surface area contributed by atoms with E-state index in [1.165, 1.54) is 17.7 Å². The van der Waals surface area contributed by atoms with Crippen molar-refractivity contribution in [1.82, 2.24) is 5.32 Å². The molecule has 0 atom stereocenters. The van der Waals surface area contributed by atoms with Gasteiger partial charge in [-0.05, 0) is 36.8 Å². The monoisotopic (exact) mass is 337 g/mol. The molecule has 0 aliphatic heterocycles. The van der Waals surface area contributed by atoms with E-state index in [1.54, 1.807) is 13.2 Å². The summed E-state index contributed by atoms with van der Waals surface area (Å²) in [4.78, 5) is 0. The molecule has 0 aromatic heterocycles. The van der Waals surface area contributed by atoms with Gasteiger partial charge < -0.3 is 10.1 Å². The first-order chi connectivity index (χ1) is 9.60. The largest absolute Gasteiger partial charge is 0.496 e. The quantitative estimate of drug-likeness (QED) is 0.882. The fourth-order valence-electron chi connectivity index (χ4n) is 2.06. The highest BCUT2D eigenvalue weighted by molar-refractivity contribution is 9.10. The van der Waals surface area contributed by atoms with Crippen LogP contribution in [0.1, 0.15) is 16.7 Å². The maximum Gasteiger partial charge on any atom is 0.123 e. The fraction of sp³-hybridized carbons (Fsp3) is 0.250.